The third kappa shape index (κ3) is 4.14. The molecule has 18 heavy (non-hydrogen) atoms. The lowest BCUT2D eigenvalue weighted by atomic mass is 9.86. The molecule has 0 heterocycles. The lowest BCUT2D eigenvalue weighted by Gasteiger charge is -2.21. The van der Waals surface area contributed by atoms with Gasteiger partial charge in [-0.05, 0) is 24.7 Å². The highest BCUT2D eigenvalue weighted by Crippen LogP contribution is 2.33. The maximum absolute atomic E-state index is 13.5. The average molecular weight is 260 g/mol. The minimum Gasteiger partial charge on any atom is -0.300 e. The van der Waals surface area contributed by atoms with Crippen molar-refractivity contribution in [1.29, 1.82) is 0 Å². The summed E-state index contributed by atoms with van der Waals surface area (Å²) in [4.78, 5) is 22.7. The lowest BCUT2D eigenvalue weighted by Crippen LogP contribution is -2.31. The Morgan fingerprint density at radius 1 is 1.50 bits per heavy atom. The summed E-state index contributed by atoms with van der Waals surface area (Å²) in [5.41, 5.74) is 0. The molecule has 0 radical (unpaired) electrons. The second-order valence-electron chi connectivity index (χ2n) is 5.45. The number of rotatable bonds is 7. The highest BCUT2D eigenvalue weighted by molar-refractivity contribution is 5.86. The van der Waals surface area contributed by atoms with E-state index in [-0.39, 0.29) is 30.5 Å². The number of hydrogen-bond acceptors (Lipinski definition) is 2. The highest BCUT2D eigenvalue weighted by Gasteiger charge is 2.39. The molecule has 0 aliphatic heterocycles. The molecule has 1 aliphatic rings. The molecule has 104 valence electrons. The van der Waals surface area contributed by atoms with Crippen LogP contribution in [-0.2, 0) is 9.59 Å². The molecule has 0 amide bonds. The molecule has 0 aromatic rings. The fraction of sp³-hybridized carbons (Fsp3) is 0.857. The zero-order valence-electron chi connectivity index (χ0n) is 11.2. The summed E-state index contributed by atoms with van der Waals surface area (Å²) in [6.07, 6.45) is 2.32. The summed E-state index contributed by atoms with van der Waals surface area (Å²) in [5.74, 6) is -3.95. The van der Waals surface area contributed by atoms with Gasteiger partial charge in [0.25, 0.3) is 0 Å². The Kier molecular flexibility index (Phi) is 5.42. The van der Waals surface area contributed by atoms with E-state index in [9.17, 15) is 18.4 Å². The van der Waals surface area contributed by atoms with Gasteiger partial charge in [-0.3, -0.25) is 9.59 Å². The van der Waals surface area contributed by atoms with Crippen LogP contribution in [0.1, 0.15) is 58.8 Å². The number of alkyl halides is 2. The molecule has 0 spiro atoms. The number of unbranched alkanes of at least 4 members (excludes halogenated alkanes) is 1. The maximum atomic E-state index is 13.5. The Bertz CT molecular complexity index is 313. The largest absolute Gasteiger partial charge is 0.305 e. The molecule has 1 aliphatic carbocycles. The molecule has 1 saturated carbocycles. The van der Waals surface area contributed by atoms with Crippen molar-refractivity contribution >= 4 is 11.6 Å². The van der Waals surface area contributed by atoms with Gasteiger partial charge in [-0.2, -0.15) is 8.78 Å². The first-order valence-electron chi connectivity index (χ1n) is 6.79. The van der Waals surface area contributed by atoms with E-state index in [1.807, 2.05) is 6.92 Å². The number of Topliss-reactive ketones (excluding diaryl/α,β-unsaturated/α-hetero) is 2. The third-order valence-corrected chi connectivity index (χ3v) is 3.85. The molecule has 0 bridgehead atoms. The van der Waals surface area contributed by atoms with Crippen LogP contribution in [0.5, 0.6) is 0 Å². The van der Waals surface area contributed by atoms with E-state index in [1.165, 1.54) is 0 Å². The van der Waals surface area contributed by atoms with Crippen molar-refractivity contribution in [2.24, 2.45) is 11.8 Å². The molecule has 2 nitrogen and oxygen atoms in total. The molecule has 0 aromatic heterocycles. The van der Waals surface area contributed by atoms with Gasteiger partial charge in [-0.15, -0.1) is 0 Å². The zero-order valence-corrected chi connectivity index (χ0v) is 11.2. The van der Waals surface area contributed by atoms with E-state index in [1.54, 1.807) is 6.92 Å². The van der Waals surface area contributed by atoms with Gasteiger partial charge in [0.05, 0.1) is 0 Å². The zero-order chi connectivity index (χ0) is 13.8. The van der Waals surface area contributed by atoms with Gasteiger partial charge in [-0.1, -0.05) is 20.3 Å². The van der Waals surface area contributed by atoms with Crippen molar-refractivity contribution in [3.63, 3.8) is 0 Å². The number of carbonyl (C=O) groups is 2. The molecule has 2 unspecified atom stereocenters. The van der Waals surface area contributed by atoms with Crippen molar-refractivity contribution in [3.8, 4) is 0 Å². The second-order valence-corrected chi connectivity index (χ2v) is 5.45. The molecule has 0 saturated heterocycles. The van der Waals surface area contributed by atoms with Crippen LogP contribution in [0.3, 0.4) is 0 Å². The monoisotopic (exact) mass is 260 g/mol. The van der Waals surface area contributed by atoms with E-state index in [0.717, 1.165) is 6.42 Å². The fourth-order valence-corrected chi connectivity index (χ4v) is 2.48. The highest BCUT2D eigenvalue weighted by atomic mass is 19.3. The number of halogens is 2. The summed E-state index contributed by atoms with van der Waals surface area (Å²) in [6, 6.07) is 0. The van der Waals surface area contributed by atoms with E-state index in [4.69, 9.17) is 0 Å². The van der Waals surface area contributed by atoms with Crippen LogP contribution >= 0.6 is 0 Å². The van der Waals surface area contributed by atoms with Crippen LogP contribution in [-0.4, -0.2) is 17.5 Å². The van der Waals surface area contributed by atoms with Crippen LogP contribution in [0.15, 0.2) is 0 Å². The summed E-state index contributed by atoms with van der Waals surface area (Å²) < 4.78 is 27.0. The number of hydrogen-bond donors (Lipinski definition) is 0. The fourth-order valence-electron chi connectivity index (χ4n) is 2.48. The standard InChI is InChI=1S/C14H22F2O2/c1-3-4-7-14(15,16)13(18)8-10(2)11-5-6-12(17)9-11/h10-11H,3-9H2,1-2H3. The van der Waals surface area contributed by atoms with Gasteiger partial charge in [0.15, 0.2) is 0 Å². The first-order valence-corrected chi connectivity index (χ1v) is 6.79. The Morgan fingerprint density at radius 3 is 2.67 bits per heavy atom. The van der Waals surface area contributed by atoms with E-state index in [0.29, 0.717) is 25.7 Å². The van der Waals surface area contributed by atoms with Crippen LogP contribution in [0, 0.1) is 11.8 Å². The minimum absolute atomic E-state index is 0.103. The van der Waals surface area contributed by atoms with E-state index in [2.05, 4.69) is 0 Å². The number of carbonyl (C=O) groups excluding carboxylic acids is 2. The first kappa shape index (κ1) is 15.3. The molecule has 2 atom stereocenters. The second kappa shape index (κ2) is 6.39. The maximum Gasteiger partial charge on any atom is 0.305 e. The molecular weight excluding hydrogens is 238 g/mol. The molecule has 0 aromatic carbocycles. The summed E-state index contributed by atoms with van der Waals surface area (Å²) >= 11 is 0. The van der Waals surface area contributed by atoms with Crippen molar-refractivity contribution in [1.82, 2.24) is 0 Å². The molecule has 0 N–H and O–H groups in total. The Labute approximate surface area is 107 Å². The third-order valence-electron chi connectivity index (χ3n) is 3.85. The SMILES string of the molecule is CCCCC(F)(F)C(=O)CC(C)C1CCC(=O)C1. The van der Waals surface area contributed by atoms with Crippen LogP contribution < -0.4 is 0 Å². The van der Waals surface area contributed by atoms with Crippen molar-refractivity contribution in [3.05, 3.63) is 0 Å². The Morgan fingerprint density at radius 2 is 2.17 bits per heavy atom. The van der Waals surface area contributed by atoms with Crippen LogP contribution in [0.2, 0.25) is 0 Å². The number of ketones is 2. The topological polar surface area (TPSA) is 34.1 Å². The van der Waals surface area contributed by atoms with Crippen molar-refractivity contribution < 1.29 is 18.4 Å². The van der Waals surface area contributed by atoms with E-state index < -0.39 is 11.7 Å². The van der Waals surface area contributed by atoms with Crippen molar-refractivity contribution in [2.45, 2.75) is 64.7 Å². The normalized spacial score (nSPS) is 22.2. The van der Waals surface area contributed by atoms with Gasteiger partial charge in [0.1, 0.15) is 5.78 Å². The minimum atomic E-state index is -3.19. The van der Waals surface area contributed by atoms with E-state index >= 15 is 0 Å². The first-order chi connectivity index (χ1) is 8.36. The van der Waals surface area contributed by atoms with Gasteiger partial charge in [0.2, 0.25) is 5.78 Å². The lowest BCUT2D eigenvalue weighted by molar-refractivity contribution is -0.145. The van der Waals surface area contributed by atoms with Gasteiger partial charge in [0, 0.05) is 25.7 Å². The smallest absolute Gasteiger partial charge is 0.300 e. The Hall–Kier alpha value is -0.800. The van der Waals surface area contributed by atoms with Gasteiger partial charge in [-0.25, -0.2) is 0 Å². The predicted molar refractivity (Wildman–Crippen MR) is 65.6 cm³/mol. The Balaban J connectivity index is 2.45. The predicted octanol–water partition coefficient (Wildman–Crippen LogP) is 3.78. The van der Waals surface area contributed by atoms with Crippen LogP contribution in [0.4, 0.5) is 8.78 Å². The summed E-state index contributed by atoms with van der Waals surface area (Å²) in [5, 5.41) is 0. The summed E-state index contributed by atoms with van der Waals surface area (Å²) in [6.45, 7) is 3.63. The molecule has 1 rings (SSSR count). The molecular formula is C14H22F2O2. The molecule has 4 heteroatoms. The van der Waals surface area contributed by atoms with Crippen LogP contribution in [0.25, 0.3) is 0 Å². The quantitative estimate of drug-likeness (QED) is 0.698. The van der Waals surface area contributed by atoms with Gasteiger partial charge >= 0.3 is 5.92 Å². The van der Waals surface area contributed by atoms with Crippen molar-refractivity contribution in [2.75, 3.05) is 0 Å². The van der Waals surface area contributed by atoms with Gasteiger partial charge < -0.3 is 0 Å². The molecule has 1 fully saturated rings. The average Bonchev–Trinajstić information content (AvgIpc) is 2.73. The summed E-state index contributed by atoms with van der Waals surface area (Å²) in [7, 11) is 0.